The van der Waals surface area contributed by atoms with Crippen LogP contribution in [0, 0.1) is 32.8 Å². The first-order valence-electron chi connectivity index (χ1n) is 3.94. The second-order valence-electron chi connectivity index (χ2n) is 2.77. The first-order valence-corrected chi connectivity index (χ1v) is 3.94. The number of anilines is 1. The van der Waals surface area contributed by atoms with Crippen LogP contribution in [0.2, 0.25) is 0 Å². The van der Waals surface area contributed by atoms with E-state index >= 15 is 0 Å². The maximum absolute atomic E-state index is 10.5. The van der Waals surface area contributed by atoms with Crippen LogP contribution in [-0.4, -0.2) is 4.92 Å². The van der Waals surface area contributed by atoms with Crippen LogP contribution in [0.25, 0.3) is 0 Å². The number of hydrogen-bond acceptors (Lipinski definition) is 5. The fourth-order valence-electron chi connectivity index (χ4n) is 1.14. The quantitative estimate of drug-likeness (QED) is 0.438. The molecular formula is C9H6N4O2. The molecule has 0 radical (unpaired) electrons. The van der Waals surface area contributed by atoms with E-state index < -0.39 is 4.92 Å². The average molecular weight is 202 g/mol. The van der Waals surface area contributed by atoms with Crippen LogP contribution in [0.5, 0.6) is 0 Å². The molecule has 1 rings (SSSR count). The lowest BCUT2D eigenvalue weighted by molar-refractivity contribution is -0.383. The Bertz CT molecular complexity index is 496. The molecule has 1 aromatic rings. The Morgan fingerprint density at radius 1 is 1.47 bits per heavy atom. The molecule has 0 bridgehead atoms. The van der Waals surface area contributed by atoms with Gasteiger partial charge in [-0.15, -0.1) is 0 Å². The molecule has 0 aliphatic heterocycles. The summed E-state index contributed by atoms with van der Waals surface area (Å²) in [5.74, 6) is 0. The van der Waals surface area contributed by atoms with Gasteiger partial charge in [0, 0.05) is 6.07 Å². The van der Waals surface area contributed by atoms with Crippen molar-refractivity contribution < 1.29 is 4.92 Å². The molecular weight excluding hydrogens is 196 g/mol. The van der Waals surface area contributed by atoms with Gasteiger partial charge in [-0.05, 0) is 11.6 Å². The van der Waals surface area contributed by atoms with E-state index in [0.717, 1.165) is 6.07 Å². The van der Waals surface area contributed by atoms with Crippen LogP contribution >= 0.6 is 0 Å². The van der Waals surface area contributed by atoms with Crippen LogP contribution in [0.4, 0.5) is 11.4 Å². The summed E-state index contributed by atoms with van der Waals surface area (Å²) in [6.45, 7) is 0. The average Bonchev–Trinajstić information content (AvgIpc) is 2.20. The Labute approximate surface area is 85.3 Å². The molecule has 0 atom stereocenters. The lowest BCUT2D eigenvalue weighted by Crippen LogP contribution is -1.99. The zero-order chi connectivity index (χ0) is 11.4. The normalized spacial score (nSPS) is 8.93. The predicted octanol–water partition coefficient (Wildman–Crippen LogP) is 1.11. The van der Waals surface area contributed by atoms with Gasteiger partial charge >= 0.3 is 0 Å². The van der Waals surface area contributed by atoms with E-state index in [2.05, 4.69) is 0 Å². The number of rotatable bonds is 2. The molecule has 0 saturated heterocycles. The maximum Gasteiger partial charge on any atom is 0.292 e. The number of nitrogens with zero attached hydrogens (tertiary/aromatic N) is 3. The lowest BCUT2D eigenvalue weighted by atomic mass is 10.0. The largest absolute Gasteiger partial charge is 0.393 e. The Balaban J connectivity index is 3.39. The molecule has 6 nitrogen and oxygen atoms in total. The number of nitrogens with two attached hydrogens (primary N) is 1. The van der Waals surface area contributed by atoms with E-state index in [1.165, 1.54) is 6.07 Å². The molecule has 0 fully saturated rings. The summed E-state index contributed by atoms with van der Waals surface area (Å²) in [5, 5.41) is 27.7. The Morgan fingerprint density at radius 3 is 2.60 bits per heavy atom. The van der Waals surface area contributed by atoms with Gasteiger partial charge in [0.2, 0.25) is 0 Å². The van der Waals surface area contributed by atoms with Gasteiger partial charge in [0.15, 0.2) is 0 Å². The van der Waals surface area contributed by atoms with Gasteiger partial charge < -0.3 is 5.73 Å². The zero-order valence-corrected chi connectivity index (χ0v) is 7.60. The third-order valence-electron chi connectivity index (χ3n) is 1.84. The molecule has 6 heteroatoms. The van der Waals surface area contributed by atoms with Crippen LogP contribution in [0.15, 0.2) is 12.1 Å². The number of nitro benzene ring substituents is 1. The summed E-state index contributed by atoms with van der Waals surface area (Å²) < 4.78 is 0. The predicted molar refractivity (Wildman–Crippen MR) is 51.5 cm³/mol. The van der Waals surface area contributed by atoms with Crippen molar-refractivity contribution in [2.24, 2.45) is 0 Å². The molecule has 0 amide bonds. The molecule has 0 aliphatic rings. The first-order chi connectivity index (χ1) is 7.10. The van der Waals surface area contributed by atoms with Crippen molar-refractivity contribution in [2.75, 3.05) is 5.73 Å². The molecule has 2 N–H and O–H groups in total. The SMILES string of the molecule is N#CCc1cc([N+](=O)[O-])c(N)cc1C#N. The highest BCUT2D eigenvalue weighted by atomic mass is 16.6. The molecule has 0 saturated carbocycles. The summed E-state index contributed by atoms with van der Waals surface area (Å²) in [7, 11) is 0. The van der Waals surface area contributed by atoms with Gasteiger partial charge in [-0.3, -0.25) is 10.1 Å². The van der Waals surface area contributed by atoms with Crippen LogP contribution in [0.1, 0.15) is 11.1 Å². The molecule has 0 heterocycles. The van der Waals surface area contributed by atoms with E-state index in [4.69, 9.17) is 16.3 Å². The summed E-state index contributed by atoms with van der Waals surface area (Å²) in [4.78, 5) is 9.90. The Kier molecular flexibility index (Phi) is 2.85. The topological polar surface area (TPSA) is 117 Å². The molecule has 1 aromatic carbocycles. The van der Waals surface area contributed by atoms with Crippen LogP contribution < -0.4 is 5.73 Å². The molecule has 0 spiro atoms. The number of benzene rings is 1. The number of hydrogen-bond donors (Lipinski definition) is 1. The standard InChI is InChI=1S/C9H6N4O2/c10-2-1-6-4-9(13(14)15)8(12)3-7(6)5-11/h3-4H,1,12H2. The summed E-state index contributed by atoms with van der Waals surface area (Å²) in [5.41, 5.74) is 5.55. The smallest absolute Gasteiger partial charge is 0.292 e. The zero-order valence-electron chi connectivity index (χ0n) is 7.60. The van der Waals surface area contributed by atoms with E-state index in [1.807, 2.05) is 12.1 Å². The minimum absolute atomic E-state index is 0.0516. The van der Waals surface area contributed by atoms with Crippen molar-refractivity contribution in [3.05, 3.63) is 33.4 Å². The molecule has 0 unspecified atom stereocenters. The Hall–Kier alpha value is -2.60. The van der Waals surface area contributed by atoms with Gasteiger partial charge in [0.25, 0.3) is 5.69 Å². The van der Waals surface area contributed by atoms with Crippen molar-refractivity contribution >= 4 is 11.4 Å². The third-order valence-corrected chi connectivity index (χ3v) is 1.84. The van der Waals surface area contributed by atoms with Gasteiger partial charge in [0.05, 0.1) is 29.0 Å². The second-order valence-corrected chi connectivity index (χ2v) is 2.77. The van der Waals surface area contributed by atoms with E-state index in [0.29, 0.717) is 5.56 Å². The number of nitro groups is 1. The summed E-state index contributed by atoms with van der Waals surface area (Å²) in [6, 6.07) is 6.04. The third kappa shape index (κ3) is 2.01. The minimum Gasteiger partial charge on any atom is -0.393 e. The summed E-state index contributed by atoms with van der Waals surface area (Å²) in [6.07, 6.45) is -0.0516. The highest BCUT2D eigenvalue weighted by molar-refractivity contribution is 5.64. The van der Waals surface area contributed by atoms with E-state index in [9.17, 15) is 10.1 Å². The molecule has 15 heavy (non-hydrogen) atoms. The van der Waals surface area contributed by atoms with Gasteiger partial charge in [-0.25, -0.2) is 0 Å². The minimum atomic E-state index is -0.642. The van der Waals surface area contributed by atoms with Crippen molar-refractivity contribution in [3.63, 3.8) is 0 Å². The fraction of sp³-hybridized carbons (Fsp3) is 0.111. The molecule has 74 valence electrons. The maximum atomic E-state index is 10.5. The van der Waals surface area contributed by atoms with Gasteiger partial charge in [-0.1, -0.05) is 0 Å². The number of nitriles is 2. The Morgan fingerprint density at radius 2 is 2.13 bits per heavy atom. The lowest BCUT2D eigenvalue weighted by Gasteiger charge is -2.01. The van der Waals surface area contributed by atoms with Crippen LogP contribution in [0.3, 0.4) is 0 Å². The van der Waals surface area contributed by atoms with E-state index in [-0.39, 0.29) is 23.4 Å². The molecule has 0 aromatic heterocycles. The first kappa shape index (κ1) is 10.5. The van der Waals surface area contributed by atoms with Crippen LogP contribution in [-0.2, 0) is 6.42 Å². The van der Waals surface area contributed by atoms with Crippen molar-refractivity contribution in [2.45, 2.75) is 6.42 Å². The second kappa shape index (κ2) is 4.07. The highest BCUT2D eigenvalue weighted by Gasteiger charge is 2.15. The van der Waals surface area contributed by atoms with Crippen molar-refractivity contribution in [3.8, 4) is 12.1 Å². The van der Waals surface area contributed by atoms with Crippen molar-refractivity contribution in [1.82, 2.24) is 0 Å². The number of nitrogen functional groups attached to an aromatic ring is 1. The van der Waals surface area contributed by atoms with Gasteiger partial charge in [0.1, 0.15) is 5.69 Å². The van der Waals surface area contributed by atoms with Crippen molar-refractivity contribution in [1.29, 1.82) is 10.5 Å². The monoisotopic (exact) mass is 202 g/mol. The fourth-order valence-corrected chi connectivity index (χ4v) is 1.14. The highest BCUT2D eigenvalue weighted by Crippen LogP contribution is 2.25. The van der Waals surface area contributed by atoms with E-state index in [1.54, 1.807) is 0 Å². The summed E-state index contributed by atoms with van der Waals surface area (Å²) >= 11 is 0. The van der Waals surface area contributed by atoms with Gasteiger partial charge in [-0.2, -0.15) is 10.5 Å². The molecule has 0 aliphatic carbocycles.